The van der Waals surface area contributed by atoms with Gasteiger partial charge in [-0.2, -0.15) is 5.20 Å². The molecule has 0 saturated carbocycles. The third-order valence-electron chi connectivity index (χ3n) is 4.91. The van der Waals surface area contributed by atoms with Crippen molar-refractivity contribution in [1.29, 1.82) is 0 Å². The van der Waals surface area contributed by atoms with E-state index in [0.29, 0.717) is 0 Å². The van der Waals surface area contributed by atoms with E-state index in [2.05, 4.69) is 50.3 Å². The summed E-state index contributed by atoms with van der Waals surface area (Å²) in [5, 5.41) is 3.44. The van der Waals surface area contributed by atoms with E-state index in [1.54, 1.807) is 16.0 Å². The standard InChI is InChI=1S/C17H21Si.3ClH.Ti/c1-14-10-11-17(15(14)2)18(12-6-7-13-18)16-8-4-3-5-9-16;;;;/h3-5,8-9H,6-7,11-13H2,1-2H3;3*1H;/q-1;;;;+4/p-3. The van der Waals surface area contributed by atoms with Gasteiger partial charge in [-0.05, 0) is 0 Å². The number of benzene rings is 1. The fraction of sp³-hybridized carbons (Fsp3) is 0.412. The second kappa shape index (κ2) is 10.4. The molecule has 0 radical (unpaired) electrons. The maximum Gasteiger partial charge on any atom is 4.00 e. The summed E-state index contributed by atoms with van der Waals surface area (Å²) < 4.78 is 0. The van der Waals surface area contributed by atoms with Crippen LogP contribution in [-0.4, -0.2) is 8.07 Å². The van der Waals surface area contributed by atoms with Crippen molar-refractivity contribution >= 4 is 13.3 Å². The Bertz CT molecular complexity index is 520. The fourth-order valence-corrected chi connectivity index (χ4v) is 9.39. The molecular formula is C17H21Cl3SiTi. The van der Waals surface area contributed by atoms with Crippen LogP contribution in [0.3, 0.4) is 0 Å². The zero-order chi connectivity index (χ0) is 12.6. The van der Waals surface area contributed by atoms with Crippen molar-refractivity contribution in [3.05, 3.63) is 52.8 Å². The van der Waals surface area contributed by atoms with E-state index in [4.69, 9.17) is 0 Å². The van der Waals surface area contributed by atoms with E-state index in [9.17, 15) is 0 Å². The van der Waals surface area contributed by atoms with Gasteiger partial charge in [0.25, 0.3) is 0 Å². The molecule has 1 saturated heterocycles. The molecule has 1 aromatic carbocycles. The first kappa shape index (κ1) is 24.7. The number of hydrogen-bond acceptors (Lipinski definition) is 0. The monoisotopic (exact) mass is 406 g/mol. The molecule has 5 heteroatoms. The largest absolute Gasteiger partial charge is 4.00 e. The van der Waals surface area contributed by atoms with Gasteiger partial charge in [0.15, 0.2) is 0 Å². The van der Waals surface area contributed by atoms with Crippen molar-refractivity contribution in [2.24, 2.45) is 0 Å². The van der Waals surface area contributed by atoms with Crippen LogP contribution in [0.5, 0.6) is 0 Å². The molecule has 1 aliphatic heterocycles. The van der Waals surface area contributed by atoms with Gasteiger partial charge < -0.3 is 37.2 Å². The summed E-state index contributed by atoms with van der Waals surface area (Å²) >= 11 is 0. The van der Waals surface area contributed by atoms with E-state index in [0.717, 1.165) is 6.42 Å². The molecule has 0 spiro atoms. The second-order valence-electron chi connectivity index (χ2n) is 5.74. The number of rotatable bonds is 2. The zero-order valence-corrected chi connectivity index (χ0v) is 17.9. The first-order chi connectivity index (χ1) is 8.74. The van der Waals surface area contributed by atoms with Crippen molar-refractivity contribution in [1.82, 2.24) is 0 Å². The van der Waals surface area contributed by atoms with Gasteiger partial charge in [-0.1, -0.05) is 67.4 Å². The quantitative estimate of drug-likeness (QED) is 0.341. The molecule has 0 aromatic heterocycles. The van der Waals surface area contributed by atoms with Crippen LogP contribution in [0.15, 0.2) is 46.7 Å². The maximum absolute atomic E-state index is 3.57. The summed E-state index contributed by atoms with van der Waals surface area (Å²) in [6.07, 6.45) is 7.53. The molecule has 1 heterocycles. The molecule has 0 nitrogen and oxygen atoms in total. The summed E-state index contributed by atoms with van der Waals surface area (Å²) in [5.74, 6) is 0. The SMILES string of the molecule is CC1=[C-]CC([Si]2(c3ccccc3)CCCC2)=C1C.[Cl-].[Cl-].[Cl-].[Ti+4]. The molecule has 0 amide bonds. The van der Waals surface area contributed by atoms with Crippen molar-refractivity contribution in [2.45, 2.75) is 45.2 Å². The summed E-state index contributed by atoms with van der Waals surface area (Å²) in [6.45, 7) is 4.55. The Labute approximate surface area is 169 Å². The Balaban J connectivity index is 0. The minimum absolute atomic E-state index is 0. The fourth-order valence-electron chi connectivity index (χ4n) is 3.74. The molecule has 1 fully saturated rings. The van der Waals surface area contributed by atoms with Crippen LogP contribution in [-0.2, 0) is 21.7 Å². The molecule has 0 atom stereocenters. The minimum Gasteiger partial charge on any atom is -1.00 e. The van der Waals surface area contributed by atoms with Gasteiger partial charge in [-0.15, -0.1) is 13.3 Å². The Kier molecular flexibility index (Phi) is 11.7. The van der Waals surface area contributed by atoms with E-state index in [1.807, 2.05) is 0 Å². The molecular weight excluding hydrogens is 386 g/mol. The molecule has 2 aliphatic rings. The second-order valence-corrected chi connectivity index (χ2v) is 10.1. The molecule has 1 aromatic rings. The Morgan fingerprint density at radius 1 is 0.909 bits per heavy atom. The number of hydrogen-bond donors (Lipinski definition) is 0. The molecule has 1 aliphatic carbocycles. The zero-order valence-electron chi connectivity index (χ0n) is 13.1. The molecule has 0 N–H and O–H groups in total. The molecule has 22 heavy (non-hydrogen) atoms. The Morgan fingerprint density at radius 3 is 1.91 bits per heavy atom. The van der Waals surface area contributed by atoms with Gasteiger partial charge in [-0.25, -0.2) is 11.1 Å². The summed E-state index contributed by atoms with van der Waals surface area (Å²) in [5.41, 5.74) is 2.96. The van der Waals surface area contributed by atoms with Gasteiger partial charge in [0.1, 0.15) is 0 Å². The normalized spacial score (nSPS) is 18.4. The van der Waals surface area contributed by atoms with Crippen molar-refractivity contribution in [2.75, 3.05) is 0 Å². The van der Waals surface area contributed by atoms with Crippen LogP contribution in [0.25, 0.3) is 0 Å². The third kappa shape index (κ3) is 4.32. The first-order valence-corrected chi connectivity index (χ1v) is 9.49. The average Bonchev–Trinajstić information content (AvgIpc) is 3.01. The van der Waals surface area contributed by atoms with E-state index in [-0.39, 0.29) is 58.9 Å². The average molecular weight is 408 g/mol. The van der Waals surface area contributed by atoms with Crippen LogP contribution in [0.2, 0.25) is 12.1 Å². The molecule has 0 bridgehead atoms. The van der Waals surface area contributed by atoms with E-state index < -0.39 is 8.07 Å². The van der Waals surface area contributed by atoms with Gasteiger partial charge in [0, 0.05) is 0 Å². The van der Waals surface area contributed by atoms with Crippen molar-refractivity contribution in [3.8, 4) is 0 Å². The van der Waals surface area contributed by atoms with Gasteiger partial charge in [0.2, 0.25) is 0 Å². The maximum atomic E-state index is 3.57. The van der Waals surface area contributed by atoms with Crippen LogP contribution in [0, 0.1) is 6.08 Å². The Hall–Kier alpha value is 0.501. The van der Waals surface area contributed by atoms with Gasteiger partial charge >= 0.3 is 21.7 Å². The van der Waals surface area contributed by atoms with Crippen molar-refractivity contribution in [3.63, 3.8) is 0 Å². The summed E-state index contributed by atoms with van der Waals surface area (Å²) in [4.78, 5) is 0. The van der Waals surface area contributed by atoms with E-state index >= 15 is 0 Å². The summed E-state index contributed by atoms with van der Waals surface area (Å²) in [6, 6.07) is 14.3. The molecule has 0 unspecified atom stereocenters. The molecule has 118 valence electrons. The van der Waals surface area contributed by atoms with Crippen LogP contribution < -0.4 is 42.4 Å². The molecule has 3 rings (SSSR count). The first-order valence-electron chi connectivity index (χ1n) is 7.07. The number of halogens is 3. The predicted molar refractivity (Wildman–Crippen MR) is 80.4 cm³/mol. The summed E-state index contributed by atoms with van der Waals surface area (Å²) in [7, 11) is -1.38. The third-order valence-corrected chi connectivity index (χ3v) is 10.5. The smallest absolute Gasteiger partial charge is 1.00 e. The van der Waals surface area contributed by atoms with Crippen molar-refractivity contribution < 1.29 is 58.9 Å². The Morgan fingerprint density at radius 2 is 1.45 bits per heavy atom. The topological polar surface area (TPSA) is 0 Å². The van der Waals surface area contributed by atoms with Crippen LogP contribution >= 0.6 is 0 Å². The van der Waals surface area contributed by atoms with E-state index in [1.165, 1.54) is 30.5 Å². The minimum atomic E-state index is -1.38. The van der Waals surface area contributed by atoms with Gasteiger partial charge in [-0.3, -0.25) is 6.08 Å². The number of allylic oxidation sites excluding steroid dienone is 4. The predicted octanol–water partition coefficient (Wildman–Crippen LogP) is -4.85. The van der Waals surface area contributed by atoms with Crippen LogP contribution in [0.1, 0.15) is 33.1 Å². The van der Waals surface area contributed by atoms with Gasteiger partial charge in [0.05, 0.1) is 8.07 Å². The van der Waals surface area contributed by atoms with Crippen LogP contribution in [0.4, 0.5) is 0 Å².